The third-order valence-corrected chi connectivity index (χ3v) is 7.82. The number of nitrogens with one attached hydrogen (secondary N) is 2. The summed E-state index contributed by atoms with van der Waals surface area (Å²) in [5.74, 6) is -4.94. The van der Waals surface area contributed by atoms with E-state index in [0.29, 0.717) is 21.3 Å². The first-order valence-electron chi connectivity index (χ1n) is 10.5. The third-order valence-electron chi connectivity index (χ3n) is 6.11. The van der Waals surface area contributed by atoms with E-state index >= 15 is 0 Å². The number of rotatable bonds is 5. The van der Waals surface area contributed by atoms with Gasteiger partial charge >= 0.3 is 0 Å². The van der Waals surface area contributed by atoms with Crippen molar-refractivity contribution in [3.63, 3.8) is 0 Å². The summed E-state index contributed by atoms with van der Waals surface area (Å²) in [7, 11) is 0. The molecule has 0 unspecified atom stereocenters. The van der Waals surface area contributed by atoms with Crippen molar-refractivity contribution in [2.24, 2.45) is 5.92 Å². The van der Waals surface area contributed by atoms with Gasteiger partial charge in [0.15, 0.2) is 0 Å². The van der Waals surface area contributed by atoms with E-state index in [0.717, 1.165) is 0 Å². The zero-order chi connectivity index (χ0) is 24.8. The molecule has 2 saturated carbocycles. The predicted molar refractivity (Wildman–Crippen MR) is 132 cm³/mol. The van der Waals surface area contributed by atoms with Crippen LogP contribution in [0.3, 0.4) is 0 Å². The van der Waals surface area contributed by atoms with Gasteiger partial charge in [0.1, 0.15) is 4.33 Å². The molecule has 0 aliphatic heterocycles. The van der Waals surface area contributed by atoms with Crippen molar-refractivity contribution in [3.8, 4) is 0 Å². The highest BCUT2D eigenvalue weighted by atomic mass is 35.5. The van der Waals surface area contributed by atoms with Crippen LogP contribution in [-0.4, -0.2) is 28.1 Å². The molecule has 0 saturated heterocycles. The minimum absolute atomic E-state index is 0.119. The first kappa shape index (κ1) is 25.8. The Hall–Kier alpha value is -1.31. The average molecular weight is 571 g/mol. The second kappa shape index (κ2) is 9.62. The molecule has 0 radical (unpaired) electrons. The van der Waals surface area contributed by atoms with Gasteiger partial charge in [0.2, 0.25) is 11.8 Å². The normalized spacial score (nSPS) is 23.3. The van der Waals surface area contributed by atoms with Crippen LogP contribution in [0.15, 0.2) is 36.4 Å². The van der Waals surface area contributed by atoms with Crippen molar-refractivity contribution in [1.29, 1.82) is 0 Å². The molecule has 2 atom stereocenters. The Labute approximate surface area is 220 Å². The van der Waals surface area contributed by atoms with Crippen LogP contribution in [0, 0.1) is 5.92 Å². The van der Waals surface area contributed by atoms with Gasteiger partial charge in [-0.15, -0.1) is 23.2 Å². The Kier molecular flexibility index (Phi) is 7.30. The molecule has 182 valence electrons. The largest absolute Gasteiger partial charge is 0.349 e. The number of carbonyl (C=O) groups is 2. The Balaban J connectivity index is 1.45. The first-order chi connectivity index (χ1) is 15.9. The molecule has 0 spiro atoms. The summed E-state index contributed by atoms with van der Waals surface area (Å²) < 4.78 is 25.4. The van der Waals surface area contributed by atoms with Gasteiger partial charge in [-0.05, 0) is 54.8 Å². The van der Waals surface area contributed by atoms with E-state index in [4.69, 9.17) is 58.0 Å². The minimum atomic E-state index is -2.69. The summed E-state index contributed by atoms with van der Waals surface area (Å²) in [5.41, 5.74) is 1.07. The maximum Gasteiger partial charge on any atom is 0.253 e. The van der Waals surface area contributed by atoms with E-state index in [9.17, 15) is 18.4 Å². The number of benzene rings is 2. The third kappa shape index (κ3) is 5.57. The fourth-order valence-corrected chi connectivity index (χ4v) is 5.84. The molecule has 2 aromatic carbocycles. The average Bonchev–Trinajstić information content (AvgIpc) is 3.32. The molecule has 0 bridgehead atoms. The minimum Gasteiger partial charge on any atom is -0.349 e. The van der Waals surface area contributed by atoms with Crippen LogP contribution in [0.25, 0.3) is 0 Å². The maximum absolute atomic E-state index is 13.4. The van der Waals surface area contributed by atoms with Crippen molar-refractivity contribution in [3.05, 3.63) is 62.6 Å². The Morgan fingerprint density at radius 1 is 0.941 bits per heavy atom. The van der Waals surface area contributed by atoms with Crippen molar-refractivity contribution in [2.75, 3.05) is 5.32 Å². The molecule has 34 heavy (non-hydrogen) atoms. The Morgan fingerprint density at radius 3 is 2.18 bits per heavy atom. The van der Waals surface area contributed by atoms with Crippen molar-refractivity contribution in [1.82, 2.24) is 5.32 Å². The van der Waals surface area contributed by atoms with Crippen molar-refractivity contribution < 1.29 is 18.4 Å². The summed E-state index contributed by atoms with van der Waals surface area (Å²) in [6.45, 7) is 0. The zero-order valence-electron chi connectivity index (χ0n) is 17.5. The molecule has 2 aromatic rings. The number of amides is 2. The lowest BCUT2D eigenvalue weighted by Gasteiger charge is -2.28. The van der Waals surface area contributed by atoms with Gasteiger partial charge in [-0.3, -0.25) is 9.59 Å². The van der Waals surface area contributed by atoms with Gasteiger partial charge in [-0.1, -0.05) is 34.8 Å². The maximum atomic E-state index is 13.4. The van der Waals surface area contributed by atoms with E-state index in [1.165, 1.54) is 18.2 Å². The summed E-state index contributed by atoms with van der Waals surface area (Å²) in [6.07, 6.45) is -0.199. The highest BCUT2D eigenvalue weighted by Crippen LogP contribution is 2.65. The van der Waals surface area contributed by atoms with E-state index in [1.54, 1.807) is 18.2 Å². The number of hydrogen-bond acceptors (Lipinski definition) is 2. The van der Waals surface area contributed by atoms with Gasteiger partial charge in [0.05, 0.1) is 16.5 Å². The van der Waals surface area contributed by atoms with Crippen LogP contribution < -0.4 is 10.6 Å². The van der Waals surface area contributed by atoms with E-state index in [1.807, 2.05) is 0 Å². The number of hydrogen-bond donors (Lipinski definition) is 2. The standard InChI is InChI=1S/C23H19Cl5F2N2O2/c24-12-7-11(8-13(25)9-12)18-19(23(18,27)28)21(34)32-15-1-2-17(26)16(10-15)20(33)31-14-3-5-22(29,30)6-4-14/h1-2,7-10,14,18-19H,3-6H2,(H,31,33)(H,32,34)/t18-,19+/m0/s1. The highest BCUT2D eigenvalue weighted by molar-refractivity contribution is 6.53. The molecule has 0 aromatic heterocycles. The molecule has 2 amide bonds. The topological polar surface area (TPSA) is 58.2 Å². The summed E-state index contributed by atoms with van der Waals surface area (Å²) >= 11 is 31.1. The number of halogens is 7. The van der Waals surface area contributed by atoms with Crippen LogP contribution in [0.4, 0.5) is 14.5 Å². The lowest BCUT2D eigenvalue weighted by Crippen LogP contribution is -2.40. The molecule has 4 rings (SSSR count). The van der Waals surface area contributed by atoms with E-state index < -0.39 is 33.9 Å². The zero-order valence-corrected chi connectivity index (χ0v) is 21.3. The van der Waals surface area contributed by atoms with Crippen LogP contribution >= 0.6 is 58.0 Å². The fourth-order valence-electron chi connectivity index (χ4n) is 4.27. The lowest BCUT2D eigenvalue weighted by atomic mass is 9.92. The smallest absolute Gasteiger partial charge is 0.253 e. The predicted octanol–water partition coefficient (Wildman–Crippen LogP) is 7.48. The molecule has 2 N–H and O–H groups in total. The van der Waals surface area contributed by atoms with Gasteiger partial charge in [-0.2, -0.15) is 0 Å². The summed E-state index contributed by atoms with van der Waals surface area (Å²) in [5, 5.41) is 6.42. The molecular weight excluding hydrogens is 552 g/mol. The monoisotopic (exact) mass is 568 g/mol. The molecular formula is C23H19Cl5F2N2O2. The highest BCUT2D eigenvalue weighted by Gasteiger charge is 2.67. The van der Waals surface area contributed by atoms with Crippen LogP contribution in [0.2, 0.25) is 15.1 Å². The van der Waals surface area contributed by atoms with E-state index in [2.05, 4.69) is 10.6 Å². The van der Waals surface area contributed by atoms with Crippen LogP contribution in [-0.2, 0) is 4.79 Å². The van der Waals surface area contributed by atoms with Crippen LogP contribution in [0.1, 0.15) is 47.5 Å². The molecule has 2 aliphatic carbocycles. The lowest BCUT2D eigenvalue weighted by molar-refractivity contribution is -0.117. The van der Waals surface area contributed by atoms with Gasteiger partial charge in [0.25, 0.3) is 5.91 Å². The second-order valence-corrected chi connectivity index (χ2v) is 11.3. The van der Waals surface area contributed by atoms with E-state index in [-0.39, 0.29) is 42.3 Å². The molecule has 2 aliphatic rings. The Bertz CT molecular complexity index is 1110. The van der Waals surface area contributed by atoms with Gasteiger partial charge in [0, 0.05) is 40.5 Å². The number of anilines is 1. The SMILES string of the molecule is O=C(NC1CCC(F)(F)CC1)c1cc(NC(=O)[C@H]2[C@H](c3cc(Cl)cc(Cl)c3)C2(Cl)Cl)ccc1Cl. The van der Waals surface area contributed by atoms with Gasteiger partial charge < -0.3 is 10.6 Å². The number of alkyl halides is 4. The summed E-state index contributed by atoms with van der Waals surface area (Å²) in [6, 6.07) is 8.92. The van der Waals surface area contributed by atoms with Crippen LogP contribution in [0.5, 0.6) is 0 Å². The number of carbonyl (C=O) groups excluding carboxylic acids is 2. The van der Waals surface area contributed by atoms with Crippen molar-refractivity contribution >= 4 is 75.5 Å². The molecule has 4 nitrogen and oxygen atoms in total. The molecule has 11 heteroatoms. The Morgan fingerprint density at radius 2 is 1.56 bits per heavy atom. The van der Waals surface area contributed by atoms with Crippen molar-refractivity contribution in [2.45, 2.75) is 47.9 Å². The van der Waals surface area contributed by atoms with Gasteiger partial charge in [-0.25, -0.2) is 8.78 Å². The molecule has 0 heterocycles. The fraction of sp³-hybridized carbons (Fsp3) is 0.391. The second-order valence-electron chi connectivity index (χ2n) is 8.62. The molecule has 2 fully saturated rings. The quantitative estimate of drug-likeness (QED) is 0.366. The summed E-state index contributed by atoms with van der Waals surface area (Å²) in [4.78, 5) is 25.7. The first-order valence-corrected chi connectivity index (χ1v) is 12.4.